The number of carboxylic acids is 1. The Morgan fingerprint density at radius 1 is 0.949 bits per heavy atom. The first-order valence-electron chi connectivity index (χ1n) is 12.3. The number of benzene rings is 2. The summed E-state index contributed by atoms with van der Waals surface area (Å²) >= 11 is 0. The van der Waals surface area contributed by atoms with Crippen LogP contribution in [-0.4, -0.2) is 89.2 Å². The van der Waals surface area contributed by atoms with Crippen molar-refractivity contribution in [2.75, 3.05) is 42.6 Å². The molecule has 0 atom stereocenters. The number of rotatable bonds is 7. The Kier molecular flexibility index (Phi) is 6.04. The van der Waals surface area contributed by atoms with Gasteiger partial charge >= 0.3 is 5.97 Å². The maximum absolute atomic E-state index is 12.3. The van der Waals surface area contributed by atoms with Crippen LogP contribution in [-0.2, 0) is 11.3 Å². The number of aliphatic hydroxyl groups excluding tert-OH is 1. The smallest absolute Gasteiger partial charge is 0.323 e. The van der Waals surface area contributed by atoms with Crippen molar-refractivity contribution in [3.8, 4) is 11.6 Å². The molecule has 0 spiro atoms. The average molecular weight is 529 g/mol. The monoisotopic (exact) mass is 528 g/mol. The number of hydrogen-bond donors (Lipinski definition) is 3. The summed E-state index contributed by atoms with van der Waals surface area (Å²) in [5, 5.41) is 33.5. The van der Waals surface area contributed by atoms with Crippen LogP contribution in [0, 0.1) is 0 Å². The van der Waals surface area contributed by atoms with Crippen LogP contribution in [0.1, 0.15) is 10.4 Å². The van der Waals surface area contributed by atoms with E-state index in [2.05, 4.69) is 15.0 Å². The number of aliphatic hydroxyl groups is 1. The van der Waals surface area contributed by atoms with Crippen LogP contribution in [0.5, 0.6) is 5.75 Å². The zero-order valence-corrected chi connectivity index (χ0v) is 20.7. The lowest BCUT2D eigenvalue weighted by Crippen LogP contribution is -2.47. The van der Waals surface area contributed by atoms with Gasteiger partial charge in [0.1, 0.15) is 18.9 Å². The van der Waals surface area contributed by atoms with Crippen molar-refractivity contribution in [1.29, 1.82) is 0 Å². The number of carbonyl (C=O) groups is 2. The number of hydrogen-bond acceptors (Lipinski definition) is 10. The van der Waals surface area contributed by atoms with Crippen LogP contribution in [0.4, 0.5) is 11.6 Å². The molecule has 0 aliphatic carbocycles. The Hall–Kier alpha value is -5.04. The van der Waals surface area contributed by atoms with Crippen molar-refractivity contribution in [3.05, 3.63) is 60.6 Å². The van der Waals surface area contributed by atoms with Gasteiger partial charge in [-0.05, 0) is 30.3 Å². The van der Waals surface area contributed by atoms with Gasteiger partial charge in [-0.3, -0.25) is 9.59 Å². The van der Waals surface area contributed by atoms with E-state index in [0.717, 1.165) is 5.69 Å². The second-order valence-corrected chi connectivity index (χ2v) is 9.15. The number of phenols is 1. The van der Waals surface area contributed by atoms with Gasteiger partial charge in [-0.15, -0.1) is 0 Å². The largest absolute Gasteiger partial charge is 0.508 e. The summed E-state index contributed by atoms with van der Waals surface area (Å²) in [7, 11) is 0. The Morgan fingerprint density at radius 2 is 1.69 bits per heavy atom. The van der Waals surface area contributed by atoms with Gasteiger partial charge in [0.25, 0.3) is 0 Å². The molecule has 0 saturated carbocycles. The zero-order chi connectivity index (χ0) is 27.1. The molecule has 0 bridgehead atoms. The minimum absolute atomic E-state index is 0.212. The first-order valence-corrected chi connectivity index (χ1v) is 12.3. The molecule has 3 aromatic heterocycles. The first-order chi connectivity index (χ1) is 18.9. The topological polar surface area (TPSA) is 163 Å². The van der Waals surface area contributed by atoms with Crippen molar-refractivity contribution < 1.29 is 24.9 Å². The number of aliphatic carboxylic acids is 1. The lowest BCUT2D eigenvalue weighted by atomic mass is 10.1. The van der Waals surface area contributed by atoms with E-state index in [1.165, 1.54) is 17.1 Å². The molecule has 0 radical (unpaired) electrons. The number of ketones is 1. The van der Waals surface area contributed by atoms with Crippen molar-refractivity contribution >= 4 is 45.5 Å². The maximum atomic E-state index is 12.3. The third kappa shape index (κ3) is 4.38. The SMILES string of the molecule is O=C(O)Cn1cnc2c(-n3ncc4c(C(=O)CO)cccc43)nc(N3CCN(c4ccc(O)cc4)CC3)nc21. The number of nitrogens with zero attached hydrogens (tertiary/aromatic N) is 8. The van der Waals surface area contributed by atoms with Crippen molar-refractivity contribution in [2.24, 2.45) is 0 Å². The van der Waals surface area contributed by atoms with Gasteiger partial charge in [-0.25, -0.2) is 9.67 Å². The van der Waals surface area contributed by atoms with Gasteiger partial charge in [0.15, 0.2) is 22.8 Å². The van der Waals surface area contributed by atoms with E-state index in [1.54, 1.807) is 35.0 Å². The number of fused-ring (bicyclic) bond motifs is 2. The fourth-order valence-corrected chi connectivity index (χ4v) is 4.84. The number of Topliss-reactive ketones (excluding diaryl/α,β-unsaturated/α-hetero) is 1. The number of aromatic nitrogens is 6. The molecule has 0 amide bonds. The van der Waals surface area contributed by atoms with E-state index < -0.39 is 18.4 Å². The first kappa shape index (κ1) is 24.3. The second-order valence-electron chi connectivity index (χ2n) is 9.15. The van der Waals surface area contributed by atoms with E-state index >= 15 is 0 Å². The van der Waals surface area contributed by atoms with Crippen LogP contribution < -0.4 is 9.80 Å². The van der Waals surface area contributed by atoms with Gasteiger partial charge < -0.3 is 29.7 Å². The van der Waals surface area contributed by atoms with Crippen LogP contribution in [0.15, 0.2) is 55.0 Å². The number of phenolic OH excluding ortho intramolecular Hbond substituents is 1. The van der Waals surface area contributed by atoms with E-state index in [-0.39, 0.29) is 12.3 Å². The van der Waals surface area contributed by atoms with Crippen molar-refractivity contribution in [2.45, 2.75) is 6.54 Å². The lowest BCUT2D eigenvalue weighted by molar-refractivity contribution is -0.137. The quantitative estimate of drug-likeness (QED) is 0.262. The van der Waals surface area contributed by atoms with Gasteiger partial charge in [-0.1, -0.05) is 12.1 Å². The third-order valence-electron chi connectivity index (χ3n) is 6.77. The molecule has 13 heteroatoms. The standard InChI is InChI=1S/C26H24N8O5/c35-14-21(37)18-2-1-3-20-19(18)12-28-34(20)25-23-24(33(15-27-23)13-22(38)39)29-26(30-25)32-10-8-31(9-11-32)16-4-6-17(36)7-5-16/h1-7,12,15,35-36H,8-11,13-14H2,(H,38,39). The van der Waals surface area contributed by atoms with Crippen molar-refractivity contribution in [1.82, 2.24) is 29.3 Å². The highest BCUT2D eigenvalue weighted by atomic mass is 16.4. The number of aromatic hydroxyl groups is 1. The zero-order valence-electron chi connectivity index (χ0n) is 20.7. The third-order valence-corrected chi connectivity index (χ3v) is 6.77. The van der Waals surface area contributed by atoms with Crippen LogP contribution in [0.3, 0.4) is 0 Å². The molecule has 5 aromatic rings. The predicted octanol–water partition coefficient (Wildman–Crippen LogP) is 1.46. The molecule has 198 valence electrons. The summed E-state index contributed by atoms with van der Waals surface area (Å²) in [6, 6.07) is 12.2. The highest BCUT2D eigenvalue weighted by Crippen LogP contribution is 2.28. The van der Waals surface area contributed by atoms with Gasteiger partial charge in [0, 0.05) is 42.8 Å². The molecule has 3 N–H and O–H groups in total. The van der Waals surface area contributed by atoms with Crippen LogP contribution in [0.2, 0.25) is 0 Å². The summed E-state index contributed by atoms with van der Waals surface area (Å²) in [5.41, 5.74) is 2.65. The Labute approximate surface area is 221 Å². The van der Waals surface area contributed by atoms with E-state index in [4.69, 9.17) is 9.97 Å². The Bertz CT molecular complexity index is 1700. The Morgan fingerprint density at radius 3 is 2.41 bits per heavy atom. The number of carboxylic acid groups (broad SMARTS) is 1. The average Bonchev–Trinajstić information content (AvgIpc) is 3.57. The highest BCUT2D eigenvalue weighted by Gasteiger charge is 2.24. The van der Waals surface area contributed by atoms with Gasteiger partial charge in [0.05, 0.1) is 18.0 Å². The summed E-state index contributed by atoms with van der Waals surface area (Å²) < 4.78 is 3.01. The number of imidazole rings is 1. The molecule has 13 nitrogen and oxygen atoms in total. The van der Waals surface area contributed by atoms with Crippen LogP contribution in [0.25, 0.3) is 27.9 Å². The number of anilines is 2. The molecule has 1 fully saturated rings. The molecule has 4 heterocycles. The molecule has 1 aliphatic rings. The molecule has 1 aliphatic heterocycles. The van der Waals surface area contributed by atoms with E-state index in [9.17, 15) is 24.9 Å². The maximum Gasteiger partial charge on any atom is 0.323 e. The van der Waals surface area contributed by atoms with E-state index in [0.29, 0.717) is 65.6 Å². The number of carbonyl (C=O) groups excluding carboxylic acids is 1. The van der Waals surface area contributed by atoms with Gasteiger partial charge in [0.2, 0.25) is 5.95 Å². The molecule has 6 rings (SSSR count). The summed E-state index contributed by atoms with van der Waals surface area (Å²) in [6.45, 7) is 1.64. The summed E-state index contributed by atoms with van der Waals surface area (Å²) in [6.07, 6.45) is 2.95. The fourth-order valence-electron chi connectivity index (χ4n) is 4.84. The normalized spacial score (nSPS) is 13.9. The second kappa shape index (κ2) is 9.68. The molecular formula is C26H24N8O5. The Balaban J connectivity index is 1.42. The lowest BCUT2D eigenvalue weighted by Gasteiger charge is -2.36. The molecule has 2 aromatic carbocycles. The summed E-state index contributed by atoms with van der Waals surface area (Å²) in [4.78, 5) is 42.0. The molecular weight excluding hydrogens is 504 g/mol. The highest BCUT2D eigenvalue weighted by molar-refractivity contribution is 6.08. The minimum Gasteiger partial charge on any atom is -0.508 e. The molecule has 1 saturated heterocycles. The molecule has 39 heavy (non-hydrogen) atoms. The van der Waals surface area contributed by atoms with E-state index in [1.807, 2.05) is 17.0 Å². The number of piperazine rings is 1. The fraction of sp³-hybridized carbons (Fsp3) is 0.231. The van der Waals surface area contributed by atoms with Crippen LogP contribution >= 0.6 is 0 Å². The predicted molar refractivity (Wildman–Crippen MR) is 142 cm³/mol. The minimum atomic E-state index is -1.03. The molecule has 0 unspecified atom stereocenters. The van der Waals surface area contributed by atoms with Gasteiger partial charge in [-0.2, -0.15) is 15.1 Å². The van der Waals surface area contributed by atoms with Crippen molar-refractivity contribution in [3.63, 3.8) is 0 Å². The summed E-state index contributed by atoms with van der Waals surface area (Å²) in [5.74, 6) is -0.491.